The number of amides is 2. The maximum atomic E-state index is 13.2. The van der Waals surface area contributed by atoms with Gasteiger partial charge >= 0.3 is 12.1 Å². The number of fused-ring (bicyclic) bond motifs is 1. The summed E-state index contributed by atoms with van der Waals surface area (Å²) in [5, 5.41) is 2.57. The van der Waals surface area contributed by atoms with Crippen LogP contribution in [-0.4, -0.2) is 40.6 Å². The van der Waals surface area contributed by atoms with E-state index in [2.05, 4.69) is 5.32 Å². The molecule has 2 aromatic carbocycles. The fourth-order valence-electron chi connectivity index (χ4n) is 3.58. The zero-order valence-electron chi connectivity index (χ0n) is 19.0. The number of rotatable bonds is 5. The smallest absolute Gasteiger partial charge is 0.408 e. The summed E-state index contributed by atoms with van der Waals surface area (Å²) in [7, 11) is 0. The van der Waals surface area contributed by atoms with Gasteiger partial charge in [0.25, 0.3) is 0 Å². The van der Waals surface area contributed by atoms with Crippen LogP contribution in [0.25, 0.3) is 0 Å². The van der Waals surface area contributed by atoms with Crippen molar-refractivity contribution < 1.29 is 23.9 Å². The largest absolute Gasteiger partial charge is 0.459 e. The first kappa shape index (κ1) is 23.3. The molecule has 170 valence electrons. The normalized spacial score (nSPS) is 16.5. The topological polar surface area (TPSA) is 84.9 Å². The lowest BCUT2D eigenvalue weighted by molar-refractivity contribution is -0.158. The molecule has 1 aliphatic heterocycles. The molecule has 3 rings (SSSR count). The summed E-state index contributed by atoms with van der Waals surface area (Å²) in [5.41, 5.74) is 2.17. The van der Waals surface area contributed by atoms with Gasteiger partial charge in [-0.05, 0) is 44.4 Å². The van der Waals surface area contributed by atoms with Crippen molar-refractivity contribution in [3.8, 4) is 0 Å². The molecule has 32 heavy (non-hydrogen) atoms. The van der Waals surface area contributed by atoms with Gasteiger partial charge in [-0.1, -0.05) is 54.6 Å². The molecule has 1 aliphatic rings. The summed E-state index contributed by atoms with van der Waals surface area (Å²) in [4.78, 5) is 39.9. The molecule has 0 saturated carbocycles. The summed E-state index contributed by atoms with van der Waals surface area (Å²) >= 11 is 0. The van der Waals surface area contributed by atoms with Crippen LogP contribution in [0, 0.1) is 0 Å². The molecule has 0 aromatic heterocycles. The minimum absolute atomic E-state index is 0.131. The molecule has 7 heteroatoms. The number of carbonyl (C=O) groups is 3. The first-order chi connectivity index (χ1) is 15.1. The average molecular weight is 439 g/mol. The Bertz CT molecular complexity index is 968. The standard InChI is InChI=1S/C25H30N2O5/c1-17(26-24(30)32-25(2,3)4)22(28)27-15-20-13-9-8-12-19(20)14-21(27)23(29)31-16-18-10-6-5-7-11-18/h5-13,17,21H,14-16H2,1-4H3,(H,26,30). The van der Waals surface area contributed by atoms with E-state index in [0.717, 1.165) is 16.7 Å². The third kappa shape index (κ3) is 6.09. The van der Waals surface area contributed by atoms with E-state index in [1.807, 2.05) is 54.6 Å². The summed E-state index contributed by atoms with van der Waals surface area (Å²) in [5.74, 6) is -0.840. The lowest BCUT2D eigenvalue weighted by Crippen LogP contribution is -2.55. The Morgan fingerprint density at radius 2 is 1.66 bits per heavy atom. The van der Waals surface area contributed by atoms with Gasteiger partial charge in [0.05, 0.1) is 0 Å². The Morgan fingerprint density at radius 1 is 1.03 bits per heavy atom. The number of alkyl carbamates (subject to hydrolysis) is 1. The number of hydrogen-bond donors (Lipinski definition) is 1. The SMILES string of the molecule is CC(NC(=O)OC(C)(C)C)C(=O)N1Cc2ccccc2CC1C(=O)OCc1ccccc1. The van der Waals surface area contributed by atoms with E-state index < -0.39 is 29.7 Å². The molecule has 2 amide bonds. The Balaban J connectivity index is 1.74. The van der Waals surface area contributed by atoms with Crippen LogP contribution in [-0.2, 0) is 38.6 Å². The first-order valence-corrected chi connectivity index (χ1v) is 10.7. The first-order valence-electron chi connectivity index (χ1n) is 10.7. The van der Waals surface area contributed by atoms with Crippen LogP contribution in [0.4, 0.5) is 4.79 Å². The van der Waals surface area contributed by atoms with Crippen LogP contribution in [0.3, 0.4) is 0 Å². The minimum Gasteiger partial charge on any atom is -0.459 e. The Labute approximate surface area is 188 Å². The van der Waals surface area contributed by atoms with Crippen molar-refractivity contribution in [3.05, 3.63) is 71.3 Å². The van der Waals surface area contributed by atoms with Gasteiger partial charge in [0.1, 0.15) is 24.3 Å². The van der Waals surface area contributed by atoms with Crippen molar-refractivity contribution in [2.24, 2.45) is 0 Å². The van der Waals surface area contributed by atoms with Crippen molar-refractivity contribution in [3.63, 3.8) is 0 Å². The molecule has 0 aliphatic carbocycles. The van der Waals surface area contributed by atoms with Gasteiger partial charge < -0.3 is 19.7 Å². The summed E-state index contributed by atoms with van der Waals surface area (Å²) in [6.07, 6.45) is -0.326. The van der Waals surface area contributed by atoms with E-state index in [0.29, 0.717) is 6.42 Å². The van der Waals surface area contributed by atoms with Crippen LogP contribution in [0.5, 0.6) is 0 Å². The van der Waals surface area contributed by atoms with Gasteiger partial charge in [0.15, 0.2) is 0 Å². The van der Waals surface area contributed by atoms with E-state index in [1.54, 1.807) is 27.7 Å². The summed E-state index contributed by atoms with van der Waals surface area (Å²) in [6.45, 7) is 7.23. The van der Waals surface area contributed by atoms with E-state index in [4.69, 9.17) is 9.47 Å². The average Bonchev–Trinajstić information content (AvgIpc) is 2.75. The number of hydrogen-bond acceptors (Lipinski definition) is 5. The zero-order chi connectivity index (χ0) is 23.3. The highest BCUT2D eigenvalue weighted by Crippen LogP contribution is 2.25. The van der Waals surface area contributed by atoms with Crippen LogP contribution in [0.2, 0.25) is 0 Å². The van der Waals surface area contributed by atoms with Gasteiger partial charge in [0, 0.05) is 13.0 Å². The number of benzene rings is 2. The van der Waals surface area contributed by atoms with Gasteiger partial charge in [-0.15, -0.1) is 0 Å². The van der Waals surface area contributed by atoms with Gasteiger partial charge in [-0.25, -0.2) is 9.59 Å². The highest BCUT2D eigenvalue weighted by molar-refractivity contribution is 5.90. The number of nitrogens with one attached hydrogen (secondary N) is 1. The Hall–Kier alpha value is -3.35. The van der Waals surface area contributed by atoms with E-state index >= 15 is 0 Å². The lowest BCUT2D eigenvalue weighted by atomic mass is 9.93. The quantitative estimate of drug-likeness (QED) is 0.721. The third-order valence-electron chi connectivity index (χ3n) is 5.13. The fraction of sp³-hybridized carbons (Fsp3) is 0.400. The molecule has 1 N–H and O–H groups in total. The van der Waals surface area contributed by atoms with Crippen molar-refractivity contribution in [1.82, 2.24) is 10.2 Å². The molecular weight excluding hydrogens is 408 g/mol. The fourth-order valence-corrected chi connectivity index (χ4v) is 3.58. The monoisotopic (exact) mass is 438 g/mol. The summed E-state index contributed by atoms with van der Waals surface area (Å²) < 4.78 is 10.8. The van der Waals surface area contributed by atoms with Crippen molar-refractivity contribution in [1.29, 1.82) is 0 Å². The van der Waals surface area contributed by atoms with Gasteiger partial charge in [0.2, 0.25) is 5.91 Å². The Kier molecular flexibility index (Phi) is 7.18. The molecule has 0 spiro atoms. The zero-order valence-corrected chi connectivity index (χ0v) is 19.0. The van der Waals surface area contributed by atoms with Crippen LogP contribution < -0.4 is 5.32 Å². The van der Waals surface area contributed by atoms with Crippen LogP contribution in [0.15, 0.2) is 54.6 Å². The second-order valence-electron chi connectivity index (χ2n) is 8.92. The molecule has 0 fully saturated rings. The number of esters is 1. The molecule has 2 unspecified atom stereocenters. The molecule has 1 heterocycles. The lowest BCUT2D eigenvalue weighted by Gasteiger charge is -2.37. The highest BCUT2D eigenvalue weighted by atomic mass is 16.6. The maximum Gasteiger partial charge on any atom is 0.408 e. The molecule has 2 aromatic rings. The highest BCUT2D eigenvalue weighted by Gasteiger charge is 2.38. The Morgan fingerprint density at radius 3 is 2.31 bits per heavy atom. The number of ether oxygens (including phenoxy) is 2. The van der Waals surface area contributed by atoms with E-state index in [1.165, 1.54) is 4.90 Å². The van der Waals surface area contributed by atoms with Crippen LogP contribution in [0.1, 0.15) is 44.4 Å². The van der Waals surface area contributed by atoms with Crippen molar-refractivity contribution >= 4 is 18.0 Å². The van der Waals surface area contributed by atoms with Crippen LogP contribution >= 0.6 is 0 Å². The predicted octanol–water partition coefficient (Wildman–Crippen LogP) is 3.60. The van der Waals surface area contributed by atoms with Crippen molar-refractivity contribution in [2.75, 3.05) is 0 Å². The molecule has 0 saturated heterocycles. The third-order valence-corrected chi connectivity index (χ3v) is 5.13. The van der Waals surface area contributed by atoms with Crippen molar-refractivity contribution in [2.45, 2.75) is 65.0 Å². The molecule has 0 bridgehead atoms. The maximum absolute atomic E-state index is 13.2. The second-order valence-corrected chi connectivity index (χ2v) is 8.92. The molecule has 7 nitrogen and oxygen atoms in total. The number of nitrogens with zero attached hydrogens (tertiary/aromatic N) is 1. The molecular formula is C25H30N2O5. The van der Waals surface area contributed by atoms with Gasteiger partial charge in [-0.3, -0.25) is 4.79 Å². The van der Waals surface area contributed by atoms with E-state index in [-0.39, 0.29) is 19.1 Å². The second kappa shape index (κ2) is 9.85. The minimum atomic E-state index is -0.862. The summed E-state index contributed by atoms with van der Waals surface area (Å²) in [6, 6.07) is 15.5. The van der Waals surface area contributed by atoms with E-state index in [9.17, 15) is 14.4 Å². The molecule has 0 radical (unpaired) electrons. The predicted molar refractivity (Wildman–Crippen MR) is 120 cm³/mol. The number of carbonyl (C=O) groups excluding carboxylic acids is 3. The molecule has 2 atom stereocenters. The van der Waals surface area contributed by atoms with Gasteiger partial charge in [-0.2, -0.15) is 0 Å².